The van der Waals surface area contributed by atoms with Crippen molar-refractivity contribution in [3.05, 3.63) is 59.3 Å². The van der Waals surface area contributed by atoms with Crippen LogP contribution < -0.4 is 0 Å². The largest absolute Gasteiger partial charge is 0.478 e. The van der Waals surface area contributed by atoms with E-state index in [1.54, 1.807) is 6.07 Å². The molecule has 176 valence electrons. The second-order valence-corrected chi connectivity index (χ2v) is 10.4. The summed E-state index contributed by atoms with van der Waals surface area (Å²) in [6.07, 6.45) is 7.33. The first-order valence-corrected chi connectivity index (χ1v) is 12.7. The van der Waals surface area contributed by atoms with Crippen LogP contribution in [0.4, 0.5) is 0 Å². The number of aromatic carboxylic acids is 1. The van der Waals surface area contributed by atoms with E-state index in [1.807, 2.05) is 6.07 Å². The maximum absolute atomic E-state index is 11.8. The van der Waals surface area contributed by atoms with Gasteiger partial charge in [-0.2, -0.15) is 0 Å². The average Bonchev–Trinajstić information content (AvgIpc) is 3.32. The van der Waals surface area contributed by atoms with Crippen LogP contribution in [0.5, 0.6) is 0 Å². The van der Waals surface area contributed by atoms with Crippen molar-refractivity contribution >= 4 is 27.8 Å². The van der Waals surface area contributed by atoms with Crippen molar-refractivity contribution in [3.63, 3.8) is 0 Å². The van der Waals surface area contributed by atoms with Gasteiger partial charge in [0, 0.05) is 47.2 Å². The molecule has 5 nitrogen and oxygen atoms in total. The molecule has 0 bridgehead atoms. The van der Waals surface area contributed by atoms with Crippen LogP contribution in [-0.2, 0) is 19.6 Å². The molecule has 34 heavy (non-hydrogen) atoms. The van der Waals surface area contributed by atoms with Gasteiger partial charge in [0.1, 0.15) is 0 Å². The Morgan fingerprint density at radius 3 is 2.56 bits per heavy atom. The molecule has 0 radical (unpaired) electrons. The van der Waals surface area contributed by atoms with Crippen LogP contribution in [0, 0.1) is 0 Å². The predicted molar refractivity (Wildman–Crippen MR) is 138 cm³/mol. The maximum Gasteiger partial charge on any atom is 0.335 e. The predicted octanol–water partition coefficient (Wildman–Crippen LogP) is 6.47. The third-order valence-corrected chi connectivity index (χ3v) is 7.87. The summed E-state index contributed by atoms with van der Waals surface area (Å²) in [5.74, 6) is -0.325. The SMILES string of the molecule is CN(C)Cc1cc2cccc3c2n1CCCn1c-3c(C2CCCCC2)c2ccc(C(=O)O)cc21. The number of carbonyl (C=O) groups is 1. The highest BCUT2D eigenvalue weighted by molar-refractivity contribution is 6.02. The number of hydrogen-bond donors (Lipinski definition) is 1. The molecule has 6 rings (SSSR count). The molecule has 0 atom stereocenters. The lowest BCUT2D eigenvalue weighted by atomic mass is 9.81. The van der Waals surface area contributed by atoms with E-state index in [4.69, 9.17) is 0 Å². The lowest BCUT2D eigenvalue weighted by Gasteiger charge is -2.25. The number of carboxylic acids is 1. The molecule has 1 aliphatic carbocycles. The third kappa shape index (κ3) is 3.37. The number of carboxylic acid groups (broad SMARTS) is 1. The van der Waals surface area contributed by atoms with E-state index >= 15 is 0 Å². The number of fused-ring (bicyclic) bond motifs is 4. The van der Waals surface area contributed by atoms with Gasteiger partial charge in [-0.15, -0.1) is 0 Å². The zero-order valence-corrected chi connectivity index (χ0v) is 20.2. The number of hydrogen-bond acceptors (Lipinski definition) is 2. The molecule has 5 heteroatoms. The Morgan fingerprint density at radius 1 is 1.00 bits per heavy atom. The van der Waals surface area contributed by atoms with Gasteiger partial charge in [-0.3, -0.25) is 0 Å². The molecule has 0 amide bonds. The van der Waals surface area contributed by atoms with Gasteiger partial charge in [0.05, 0.1) is 16.8 Å². The molecule has 0 saturated heterocycles. The van der Waals surface area contributed by atoms with E-state index in [1.165, 1.54) is 70.9 Å². The van der Waals surface area contributed by atoms with Crippen molar-refractivity contribution in [2.45, 2.75) is 64.1 Å². The smallest absolute Gasteiger partial charge is 0.335 e. The van der Waals surface area contributed by atoms with Crippen LogP contribution >= 0.6 is 0 Å². The molecule has 1 aliphatic heterocycles. The molecule has 4 aromatic rings. The van der Waals surface area contributed by atoms with Crippen LogP contribution in [0.2, 0.25) is 0 Å². The Balaban J connectivity index is 1.69. The van der Waals surface area contributed by atoms with Gasteiger partial charge < -0.3 is 19.1 Å². The summed E-state index contributed by atoms with van der Waals surface area (Å²) in [5.41, 5.74) is 8.23. The Bertz CT molecular complexity index is 1400. The molecule has 1 N–H and O–H groups in total. The summed E-state index contributed by atoms with van der Waals surface area (Å²) >= 11 is 0. The number of nitrogens with zero attached hydrogens (tertiary/aromatic N) is 3. The zero-order chi connectivity index (χ0) is 23.4. The van der Waals surface area contributed by atoms with Gasteiger partial charge >= 0.3 is 5.97 Å². The topological polar surface area (TPSA) is 50.4 Å². The van der Waals surface area contributed by atoms with Crippen LogP contribution in [0.15, 0.2) is 42.5 Å². The first kappa shape index (κ1) is 21.5. The van der Waals surface area contributed by atoms with E-state index in [0.717, 1.165) is 31.6 Å². The van der Waals surface area contributed by atoms with Crippen molar-refractivity contribution in [3.8, 4) is 11.3 Å². The minimum Gasteiger partial charge on any atom is -0.478 e. The van der Waals surface area contributed by atoms with Crippen LogP contribution in [0.1, 0.15) is 66.1 Å². The second-order valence-electron chi connectivity index (χ2n) is 10.4. The summed E-state index contributed by atoms with van der Waals surface area (Å²) in [6.45, 7) is 2.80. The summed E-state index contributed by atoms with van der Waals surface area (Å²) in [7, 11) is 4.27. The molecule has 3 heterocycles. The van der Waals surface area contributed by atoms with E-state index in [9.17, 15) is 9.90 Å². The minimum absolute atomic E-state index is 0.375. The van der Waals surface area contributed by atoms with Gasteiger partial charge in [0.15, 0.2) is 0 Å². The van der Waals surface area contributed by atoms with Crippen molar-refractivity contribution < 1.29 is 9.90 Å². The number of benzene rings is 2. The van der Waals surface area contributed by atoms with E-state index in [0.29, 0.717) is 11.5 Å². The average molecular weight is 456 g/mol. The summed E-state index contributed by atoms with van der Waals surface area (Å²) < 4.78 is 4.99. The van der Waals surface area contributed by atoms with E-state index < -0.39 is 5.97 Å². The normalized spacial score (nSPS) is 16.7. The molecule has 2 aromatic heterocycles. The number of para-hydroxylation sites is 1. The van der Waals surface area contributed by atoms with Crippen molar-refractivity contribution in [1.29, 1.82) is 0 Å². The van der Waals surface area contributed by atoms with Crippen molar-refractivity contribution in [2.75, 3.05) is 14.1 Å². The first-order chi connectivity index (χ1) is 16.5. The van der Waals surface area contributed by atoms with Gasteiger partial charge in [0.25, 0.3) is 0 Å². The lowest BCUT2D eigenvalue weighted by molar-refractivity contribution is 0.0697. The molecular formula is C29H33N3O2. The molecule has 1 saturated carbocycles. The number of aromatic nitrogens is 2. The monoisotopic (exact) mass is 455 g/mol. The highest BCUT2D eigenvalue weighted by Crippen LogP contribution is 2.46. The van der Waals surface area contributed by atoms with E-state index in [2.05, 4.69) is 58.5 Å². The lowest BCUT2D eigenvalue weighted by Crippen LogP contribution is -2.17. The summed E-state index contributed by atoms with van der Waals surface area (Å²) in [4.78, 5) is 14.1. The highest BCUT2D eigenvalue weighted by atomic mass is 16.4. The fraction of sp³-hybridized carbons (Fsp3) is 0.414. The number of aryl methyl sites for hydroxylation is 2. The Hall–Kier alpha value is -3.05. The van der Waals surface area contributed by atoms with E-state index in [-0.39, 0.29) is 0 Å². The fourth-order valence-corrected chi connectivity index (χ4v) is 6.50. The Labute approximate surface area is 200 Å². The molecule has 0 unspecified atom stereocenters. The molecule has 2 aliphatic rings. The van der Waals surface area contributed by atoms with Crippen molar-refractivity contribution in [2.24, 2.45) is 0 Å². The van der Waals surface area contributed by atoms with Crippen LogP contribution in [0.25, 0.3) is 33.1 Å². The maximum atomic E-state index is 11.8. The van der Waals surface area contributed by atoms with Gasteiger partial charge in [0.2, 0.25) is 0 Å². The Morgan fingerprint density at radius 2 is 1.79 bits per heavy atom. The van der Waals surface area contributed by atoms with Crippen LogP contribution in [-0.4, -0.2) is 39.2 Å². The highest BCUT2D eigenvalue weighted by Gasteiger charge is 2.29. The molecular weight excluding hydrogens is 422 g/mol. The second kappa shape index (κ2) is 8.31. The summed E-state index contributed by atoms with van der Waals surface area (Å²) in [6, 6.07) is 14.9. The third-order valence-electron chi connectivity index (χ3n) is 7.87. The fourth-order valence-electron chi connectivity index (χ4n) is 6.50. The minimum atomic E-state index is -0.855. The zero-order valence-electron chi connectivity index (χ0n) is 20.2. The van der Waals surface area contributed by atoms with Gasteiger partial charge in [-0.05, 0) is 63.0 Å². The molecule has 0 spiro atoms. The van der Waals surface area contributed by atoms with Gasteiger partial charge in [-0.1, -0.05) is 43.5 Å². The quantitative estimate of drug-likeness (QED) is 0.383. The van der Waals surface area contributed by atoms with Gasteiger partial charge in [-0.25, -0.2) is 4.79 Å². The number of rotatable bonds is 4. The first-order valence-electron chi connectivity index (χ1n) is 12.7. The van der Waals surface area contributed by atoms with Crippen molar-refractivity contribution in [1.82, 2.24) is 14.0 Å². The standard InChI is InChI=1S/C29H33N3O2/c1-30(2)18-22-16-20-10-6-11-24-27(20)31(22)14-7-15-32-25-17-21(29(33)34)12-13-23(25)26(28(24)32)19-8-4-3-5-9-19/h6,10-13,16-17,19H,3-5,7-9,14-15,18H2,1-2H3,(H,33,34). The molecule has 1 fully saturated rings. The molecule has 2 aromatic carbocycles. The van der Waals surface area contributed by atoms with Crippen LogP contribution in [0.3, 0.4) is 0 Å². The Kier molecular flexibility index (Phi) is 5.25. The summed E-state index contributed by atoms with van der Waals surface area (Å²) in [5, 5.41) is 12.3.